The molecule has 0 saturated carbocycles. The van der Waals surface area contributed by atoms with Crippen LogP contribution in [0.4, 0.5) is 0 Å². The first kappa shape index (κ1) is 19.1. The molecule has 0 aliphatic carbocycles. The second kappa shape index (κ2) is 7.51. The summed E-state index contributed by atoms with van der Waals surface area (Å²) in [5, 5.41) is 11.9. The molecule has 10 heteroatoms. The number of carboxylic acid groups (broad SMARTS) is 1. The van der Waals surface area contributed by atoms with Crippen molar-refractivity contribution in [1.82, 2.24) is 24.0 Å². The fraction of sp³-hybridized carbons (Fsp3) is 0.278. The highest BCUT2D eigenvalue weighted by Gasteiger charge is 2.22. The average molecular weight is 385 g/mol. The topological polar surface area (TPSA) is 128 Å². The molecule has 1 amide bonds. The number of hydrogen-bond donors (Lipinski definition) is 2. The molecule has 2 heterocycles. The lowest BCUT2D eigenvalue weighted by Gasteiger charge is -2.15. The first-order valence-corrected chi connectivity index (χ1v) is 8.49. The molecule has 0 bridgehead atoms. The van der Waals surface area contributed by atoms with Gasteiger partial charge in [0.05, 0.1) is 6.33 Å². The van der Waals surface area contributed by atoms with Crippen molar-refractivity contribution in [3.8, 4) is 0 Å². The molecule has 1 aromatic carbocycles. The number of hydrogen-bond acceptors (Lipinski definition) is 5. The summed E-state index contributed by atoms with van der Waals surface area (Å²) >= 11 is 0. The molecule has 0 radical (unpaired) electrons. The van der Waals surface area contributed by atoms with Crippen LogP contribution in [0.2, 0.25) is 0 Å². The van der Waals surface area contributed by atoms with Gasteiger partial charge in [-0.05, 0) is 5.56 Å². The van der Waals surface area contributed by atoms with Gasteiger partial charge in [0.15, 0.2) is 17.2 Å². The molecule has 2 N–H and O–H groups in total. The highest BCUT2D eigenvalue weighted by Crippen LogP contribution is 2.13. The number of amides is 1. The first-order valence-electron chi connectivity index (χ1n) is 8.49. The number of fused-ring (bicyclic) bond motifs is 1. The zero-order valence-electron chi connectivity index (χ0n) is 15.3. The quantitative estimate of drug-likeness (QED) is 0.603. The van der Waals surface area contributed by atoms with Crippen LogP contribution in [0, 0.1) is 0 Å². The van der Waals surface area contributed by atoms with Gasteiger partial charge in [-0.15, -0.1) is 0 Å². The maximum atomic E-state index is 12.4. The number of benzene rings is 1. The normalized spacial score (nSPS) is 12.1. The molecule has 3 aromatic rings. The smallest absolute Gasteiger partial charge is 0.332 e. The van der Waals surface area contributed by atoms with Gasteiger partial charge in [-0.2, -0.15) is 0 Å². The number of carbonyl (C=O) groups excluding carboxylic acids is 1. The molecule has 0 aliphatic rings. The fourth-order valence-electron chi connectivity index (χ4n) is 2.95. The van der Waals surface area contributed by atoms with Crippen LogP contribution in [0.15, 0.2) is 46.2 Å². The molecule has 0 aliphatic heterocycles. The van der Waals surface area contributed by atoms with E-state index >= 15 is 0 Å². The number of imidazole rings is 1. The van der Waals surface area contributed by atoms with E-state index in [0.29, 0.717) is 5.56 Å². The zero-order chi connectivity index (χ0) is 20.4. The number of aryl methyl sites for hydroxylation is 2. The van der Waals surface area contributed by atoms with E-state index in [1.54, 1.807) is 30.3 Å². The Morgan fingerprint density at radius 3 is 2.46 bits per heavy atom. The molecule has 0 spiro atoms. The predicted molar refractivity (Wildman–Crippen MR) is 99.8 cm³/mol. The molecule has 0 fully saturated rings. The molecule has 3 rings (SSSR count). The third-order valence-corrected chi connectivity index (χ3v) is 4.48. The molecular weight excluding hydrogens is 366 g/mol. The SMILES string of the molecule is Cn1c(=O)c2c(ncn2CCC(=O)N[C@H](C(=O)O)c2ccccc2)n(C)c1=O. The maximum Gasteiger partial charge on any atom is 0.332 e. The summed E-state index contributed by atoms with van der Waals surface area (Å²) in [5.41, 5.74) is -0.117. The molecular formula is C18H19N5O5. The number of carbonyl (C=O) groups is 2. The Kier molecular flexibility index (Phi) is 5.12. The minimum absolute atomic E-state index is 0.0614. The lowest BCUT2D eigenvalue weighted by molar-refractivity contribution is -0.142. The van der Waals surface area contributed by atoms with Gasteiger partial charge in [-0.1, -0.05) is 30.3 Å². The molecule has 28 heavy (non-hydrogen) atoms. The van der Waals surface area contributed by atoms with E-state index in [9.17, 15) is 24.3 Å². The monoisotopic (exact) mass is 385 g/mol. The minimum Gasteiger partial charge on any atom is -0.479 e. The Morgan fingerprint density at radius 2 is 1.82 bits per heavy atom. The highest BCUT2D eigenvalue weighted by atomic mass is 16.4. The summed E-state index contributed by atoms with van der Waals surface area (Å²) in [6.07, 6.45) is 1.32. The fourth-order valence-corrected chi connectivity index (χ4v) is 2.95. The Bertz CT molecular complexity index is 1160. The van der Waals surface area contributed by atoms with Gasteiger partial charge < -0.3 is 15.0 Å². The van der Waals surface area contributed by atoms with E-state index in [4.69, 9.17) is 0 Å². The Labute approximate surface area is 158 Å². The summed E-state index contributed by atoms with van der Waals surface area (Å²) in [6.45, 7) is 0.108. The van der Waals surface area contributed by atoms with Crippen LogP contribution in [-0.2, 0) is 30.2 Å². The van der Waals surface area contributed by atoms with Gasteiger partial charge in [0.1, 0.15) is 0 Å². The summed E-state index contributed by atoms with van der Waals surface area (Å²) in [6, 6.07) is 7.20. The van der Waals surface area contributed by atoms with Crippen LogP contribution >= 0.6 is 0 Å². The number of aromatic nitrogens is 4. The summed E-state index contributed by atoms with van der Waals surface area (Å²) in [4.78, 5) is 52.2. The Morgan fingerprint density at radius 1 is 1.14 bits per heavy atom. The Balaban J connectivity index is 1.79. The molecule has 146 valence electrons. The van der Waals surface area contributed by atoms with Crippen molar-refractivity contribution in [3.05, 3.63) is 63.1 Å². The molecule has 1 atom stereocenters. The van der Waals surface area contributed by atoms with Crippen LogP contribution in [0.3, 0.4) is 0 Å². The number of nitrogens with zero attached hydrogens (tertiary/aromatic N) is 4. The minimum atomic E-state index is -1.17. The van der Waals surface area contributed by atoms with Crippen molar-refractivity contribution in [1.29, 1.82) is 0 Å². The molecule has 0 saturated heterocycles. The van der Waals surface area contributed by atoms with Crippen molar-refractivity contribution >= 4 is 23.0 Å². The number of carboxylic acids is 1. The number of aliphatic carboxylic acids is 1. The standard InChI is InChI=1S/C18H19N5O5/c1-21-15-14(16(25)22(2)18(21)28)23(10-19-15)9-8-12(24)20-13(17(26)27)11-6-4-3-5-7-11/h3-7,10,13H,8-9H2,1-2H3,(H,20,24)(H,26,27)/t13-/m0/s1. The predicted octanol–water partition coefficient (Wildman–Crippen LogP) is -0.234. The van der Waals surface area contributed by atoms with Crippen molar-refractivity contribution in [2.75, 3.05) is 0 Å². The van der Waals surface area contributed by atoms with Crippen molar-refractivity contribution in [3.63, 3.8) is 0 Å². The van der Waals surface area contributed by atoms with Gasteiger partial charge in [0.2, 0.25) is 5.91 Å². The van der Waals surface area contributed by atoms with Crippen LogP contribution in [-0.4, -0.2) is 35.7 Å². The van der Waals surface area contributed by atoms with Crippen LogP contribution in [0.5, 0.6) is 0 Å². The lowest BCUT2D eigenvalue weighted by Crippen LogP contribution is -2.37. The van der Waals surface area contributed by atoms with Gasteiger partial charge >= 0.3 is 11.7 Å². The van der Waals surface area contributed by atoms with Crippen molar-refractivity contribution in [2.45, 2.75) is 19.0 Å². The molecule has 0 unspecified atom stereocenters. The number of rotatable bonds is 6. The lowest BCUT2D eigenvalue weighted by atomic mass is 10.1. The van der Waals surface area contributed by atoms with Crippen LogP contribution in [0.25, 0.3) is 11.2 Å². The average Bonchev–Trinajstić information content (AvgIpc) is 3.12. The van der Waals surface area contributed by atoms with E-state index in [0.717, 1.165) is 4.57 Å². The summed E-state index contributed by atoms with van der Waals surface area (Å²) in [7, 11) is 2.87. The second-order valence-corrected chi connectivity index (χ2v) is 6.32. The van der Waals surface area contributed by atoms with Crippen molar-refractivity contribution in [2.24, 2.45) is 14.1 Å². The van der Waals surface area contributed by atoms with Crippen LogP contribution in [0.1, 0.15) is 18.0 Å². The van der Waals surface area contributed by atoms with Crippen LogP contribution < -0.4 is 16.6 Å². The summed E-state index contributed by atoms with van der Waals surface area (Å²) < 4.78 is 3.70. The second-order valence-electron chi connectivity index (χ2n) is 6.32. The van der Waals surface area contributed by atoms with Crippen molar-refractivity contribution < 1.29 is 14.7 Å². The third-order valence-electron chi connectivity index (χ3n) is 4.48. The number of nitrogens with one attached hydrogen (secondary N) is 1. The van der Waals surface area contributed by atoms with E-state index in [1.165, 1.54) is 29.6 Å². The first-order chi connectivity index (χ1) is 13.3. The van der Waals surface area contributed by atoms with Gasteiger partial charge in [0.25, 0.3) is 5.56 Å². The highest BCUT2D eigenvalue weighted by molar-refractivity contribution is 5.84. The van der Waals surface area contributed by atoms with Gasteiger partial charge in [-0.25, -0.2) is 14.6 Å². The molecule has 2 aromatic heterocycles. The van der Waals surface area contributed by atoms with E-state index in [2.05, 4.69) is 10.3 Å². The van der Waals surface area contributed by atoms with E-state index in [-0.39, 0.29) is 24.1 Å². The largest absolute Gasteiger partial charge is 0.479 e. The summed E-state index contributed by atoms with van der Waals surface area (Å²) in [5.74, 6) is -1.66. The van der Waals surface area contributed by atoms with Gasteiger partial charge in [0, 0.05) is 27.1 Å². The third kappa shape index (κ3) is 3.43. The zero-order valence-corrected chi connectivity index (χ0v) is 15.3. The maximum absolute atomic E-state index is 12.4. The molecule has 10 nitrogen and oxygen atoms in total. The van der Waals surface area contributed by atoms with E-state index in [1.807, 2.05) is 0 Å². The Hall–Kier alpha value is -3.69. The van der Waals surface area contributed by atoms with Gasteiger partial charge in [-0.3, -0.25) is 18.7 Å². The van der Waals surface area contributed by atoms with E-state index < -0.39 is 29.2 Å².